The summed E-state index contributed by atoms with van der Waals surface area (Å²) in [6, 6.07) is 10.1. The predicted octanol–water partition coefficient (Wildman–Crippen LogP) is 2.38. The fourth-order valence-corrected chi connectivity index (χ4v) is 3.27. The van der Waals surface area contributed by atoms with E-state index in [-0.39, 0.29) is 12.5 Å². The maximum Gasteiger partial charge on any atom is 0.244 e. The van der Waals surface area contributed by atoms with Crippen LogP contribution in [0.25, 0.3) is 11.4 Å². The van der Waals surface area contributed by atoms with Gasteiger partial charge in [-0.3, -0.25) is 4.79 Å². The van der Waals surface area contributed by atoms with E-state index in [4.69, 9.17) is 0 Å². The van der Waals surface area contributed by atoms with Gasteiger partial charge >= 0.3 is 0 Å². The monoisotopic (exact) mass is 338 g/mol. The Hall–Kier alpha value is -2.75. The first-order chi connectivity index (χ1) is 12.1. The minimum absolute atomic E-state index is 0.0394. The number of nitriles is 1. The zero-order chi connectivity index (χ0) is 17.7. The number of benzene rings is 1. The second kappa shape index (κ2) is 7.43. The van der Waals surface area contributed by atoms with Gasteiger partial charge in [0, 0.05) is 5.56 Å². The van der Waals surface area contributed by atoms with Gasteiger partial charge in [0.2, 0.25) is 11.7 Å². The highest BCUT2D eigenvalue weighted by Crippen LogP contribution is 2.26. The normalized spacial score (nSPS) is 16.6. The van der Waals surface area contributed by atoms with Crippen LogP contribution in [0.5, 0.6) is 0 Å². The van der Waals surface area contributed by atoms with Crippen molar-refractivity contribution in [1.82, 2.24) is 25.5 Å². The van der Waals surface area contributed by atoms with Crippen LogP contribution in [-0.4, -0.2) is 31.7 Å². The smallest absolute Gasteiger partial charge is 0.244 e. The van der Waals surface area contributed by atoms with Gasteiger partial charge in [0.1, 0.15) is 12.1 Å². The highest BCUT2D eigenvalue weighted by Gasteiger charge is 2.32. The summed E-state index contributed by atoms with van der Waals surface area (Å²) in [6.45, 7) is 1.94. The van der Waals surface area contributed by atoms with Gasteiger partial charge in [0.05, 0.1) is 6.07 Å². The van der Waals surface area contributed by atoms with Crippen LogP contribution < -0.4 is 5.32 Å². The quantitative estimate of drug-likeness (QED) is 0.863. The van der Waals surface area contributed by atoms with Gasteiger partial charge in [-0.25, -0.2) is 0 Å². The third-order valence-corrected chi connectivity index (χ3v) is 4.67. The van der Waals surface area contributed by atoms with Crippen LogP contribution >= 0.6 is 0 Å². The maximum atomic E-state index is 12.4. The molecule has 1 aromatic carbocycles. The molecule has 130 valence electrons. The summed E-state index contributed by atoms with van der Waals surface area (Å²) < 4.78 is 0. The Bertz CT molecular complexity index is 783. The molecule has 0 saturated heterocycles. The van der Waals surface area contributed by atoms with E-state index >= 15 is 0 Å². The number of carbonyl (C=O) groups is 1. The van der Waals surface area contributed by atoms with E-state index in [1.54, 1.807) is 0 Å². The average Bonchev–Trinajstić information content (AvgIpc) is 2.93. The Balaban J connectivity index is 1.67. The van der Waals surface area contributed by atoms with Crippen molar-refractivity contribution in [2.75, 3.05) is 0 Å². The number of tetrazole rings is 1. The number of aryl methyl sites for hydroxylation is 1. The van der Waals surface area contributed by atoms with Crippen molar-refractivity contribution in [3.8, 4) is 17.5 Å². The minimum Gasteiger partial charge on any atom is -0.336 e. The van der Waals surface area contributed by atoms with Crippen molar-refractivity contribution in [3.63, 3.8) is 0 Å². The summed E-state index contributed by atoms with van der Waals surface area (Å²) in [6.07, 6.45) is 5.57. The molecular formula is C18H22N6O. The molecule has 1 aliphatic carbocycles. The molecule has 0 aliphatic heterocycles. The molecule has 1 aliphatic rings. The lowest BCUT2D eigenvalue weighted by molar-refractivity contribution is -0.123. The van der Waals surface area contributed by atoms with Crippen LogP contribution in [0.4, 0.5) is 0 Å². The number of nitrogens with zero attached hydrogens (tertiary/aromatic N) is 5. The average molecular weight is 338 g/mol. The molecule has 0 atom stereocenters. The molecule has 1 aromatic heterocycles. The minimum atomic E-state index is -0.757. The zero-order valence-electron chi connectivity index (χ0n) is 14.4. The van der Waals surface area contributed by atoms with Crippen molar-refractivity contribution in [3.05, 3.63) is 29.8 Å². The molecule has 1 fully saturated rings. The molecule has 1 amide bonds. The highest BCUT2D eigenvalue weighted by atomic mass is 16.2. The second-order valence-corrected chi connectivity index (χ2v) is 6.61. The maximum absolute atomic E-state index is 12.4. The summed E-state index contributed by atoms with van der Waals surface area (Å²) in [5.74, 6) is 0.243. The zero-order valence-corrected chi connectivity index (χ0v) is 14.4. The van der Waals surface area contributed by atoms with Crippen molar-refractivity contribution in [2.24, 2.45) is 0 Å². The summed E-state index contributed by atoms with van der Waals surface area (Å²) in [5, 5.41) is 24.7. The number of amides is 1. The molecule has 0 radical (unpaired) electrons. The van der Waals surface area contributed by atoms with Crippen molar-refractivity contribution in [1.29, 1.82) is 5.26 Å². The Morgan fingerprint density at radius 3 is 2.68 bits per heavy atom. The molecule has 7 nitrogen and oxygen atoms in total. The van der Waals surface area contributed by atoms with Crippen molar-refractivity contribution in [2.45, 2.75) is 57.5 Å². The topological polar surface area (TPSA) is 96.5 Å². The van der Waals surface area contributed by atoms with Crippen molar-refractivity contribution >= 4 is 5.91 Å². The molecule has 25 heavy (non-hydrogen) atoms. The third-order valence-electron chi connectivity index (χ3n) is 4.67. The molecule has 2 aromatic rings. The standard InChI is InChI=1S/C18H22N6O/c1-14-8-4-5-9-15(14)17-21-23-24(22-17)12-16(25)20-18(13-19)10-6-2-3-7-11-18/h4-5,8-9H,2-3,6-7,10-12H2,1H3,(H,20,25). The second-order valence-electron chi connectivity index (χ2n) is 6.61. The largest absolute Gasteiger partial charge is 0.336 e. The Labute approximate surface area is 147 Å². The third kappa shape index (κ3) is 4.02. The molecular weight excluding hydrogens is 316 g/mol. The first kappa shape index (κ1) is 17.1. The number of rotatable bonds is 4. The predicted molar refractivity (Wildman–Crippen MR) is 92.2 cm³/mol. The van der Waals surface area contributed by atoms with E-state index in [0.29, 0.717) is 18.7 Å². The van der Waals surface area contributed by atoms with Crippen LogP contribution in [0, 0.1) is 18.3 Å². The number of aromatic nitrogens is 4. The van der Waals surface area contributed by atoms with E-state index in [2.05, 4.69) is 26.8 Å². The fourth-order valence-electron chi connectivity index (χ4n) is 3.27. The molecule has 0 bridgehead atoms. The van der Waals surface area contributed by atoms with Crippen molar-refractivity contribution < 1.29 is 4.79 Å². The lowest BCUT2D eigenvalue weighted by Crippen LogP contribution is -2.48. The van der Waals surface area contributed by atoms with E-state index in [9.17, 15) is 10.1 Å². The first-order valence-corrected chi connectivity index (χ1v) is 8.68. The summed E-state index contributed by atoms with van der Waals surface area (Å²) in [4.78, 5) is 13.7. The van der Waals surface area contributed by atoms with E-state index in [1.165, 1.54) is 4.80 Å². The van der Waals surface area contributed by atoms with E-state index < -0.39 is 5.54 Å². The first-order valence-electron chi connectivity index (χ1n) is 8.68. The van der Waals surface area contributed by atoms with Crippen LogP contribution in [0.2, 0.25) is 0 Å². The number of hydrogen-bond donors (Lipinski definition) is 1. The SMILES string of the molecule is Cc1ccccc1-c1nnn(CC(=O)NC2(C#N)CCCCCC2)n1. The van der Waals surface area contributed by atoms with Crippen LogP contribution in [-0.2, 0) is 11.3 Å². The Kier molecular flexibility index (Phi) is 5.08. The summed E-state index contributed by atoms with van der Waals surface area (Å²) in [5.41, 5.74) is 1.19. The van der Waals surface area contributed by atoms with E-state index in [0.717, 1.165) is 36.8 Å². The lowest BCUT2D eigenvalue weighted by Gasteiger charge is -2.26. The van der Waals surface area contributed by atoms with Crippen LogP contribution in [0.1, 0.15) is 44.1 Å². The number of nitrogens with one attached hydrogen (secondary N) is 1. The lowest BCUT2D eigenvalue weighted by atomic mass is 9.92. The van der Waals surface area contributed by atoms with Gasteiger partial charge in [-0.1, -0.05) is 49.9 Å². The molecule has 1 heterocycles. The number of hydrogen-bond acceptors (Lipinski definition) is 5. The van der Waals surface area contributed by atoms with Gasteiger partial charge < -0.3 is 5.32 Å². The molecule has 3 rings (SSSR count). The van der Waals surface area contributed by atoms with Gasteiger partial charge in [-0.15, -0.1) is 10.2 Å². The van der Waals surface area contributed by atoms with Crippen LogP contribution in [0.3, 0.4) is 0 Å². The Morgan fingerprint density at radius 1 is 1.28 bits per heavy atom. The highest BCUT2D eigenvalue weighted by molar-refractivity contribution is 5.77. The fraction of sp³-hybridized carbons (Fsp3) is 0.500. The van der Waals surface area contributed by atoms with Gasteiger partial charge in [-0.05, 0) is 30.5 Å². The summed E-state index contributed by atoms with van der Waals surface area (Å²) in [7, 11) is 0. The van der Waals surface area contributed by atoms with E-state index in [1.807, 2.05) is 31.2 Å². The summed E-state index contributed by atoms with van der Waals surface area (Å²) >= 11 is 0. The van der Waals surface area contributed by atoms with Gasteiger partial charge in [0.25, 0.3) is 0 Å². The van der Waals surface area contributed by atoms with Gasteiger partial charge in [0.15, 0.2) is 0 Å². The molecule has 7 heteroatoms. The number of carbonyl (C=O) groups excluding carboxylic acids is 1. The Morgan fingerprint density at radius 2 is 2.00 bits per heavy atom. The van der Waals surface area contributed by atoms with Gasteiger partial charge in [-0.2, -0.15) is 10.1 Å². The van der Waals surface area contributed by atoms with Crippen LogP contribution in [0.15, 0.2) is 24.3 Å². The molecule has 0 unspecified atom stereocenters. The molecule has 1 N–H and O–H groups in total. The molecule has 1 saturated carbocycles. The molecule has 0 spiro atoms.